The first-order valence-electron chi connectivity index (χ1n) is 5.51. The van der Waals surface area contributed by atoms with Crippen molar-refractivity contribution in [2.24, 2.45) is 0 Å². The van der Waals surface area contributed by atoms with E-state index in [0.717, 1.165) is 17.7 Å². The van der Waals surface area contributed by atoms with Crippen molar-refractivity contribution in [3.8, 4) is 17.3 Å². The Balaban J connectivity index is 2.34. The van der Waals surface area contributed by atoms with Crippen LogP contribution in [-0.2, 0) is 6.42 Å². The van der Waals surface area contributed by atoms with Gasteiger partial charge in [-0.1, -0.05) is 41.9 Å². The third kappa shape index (κ3) is 2.58. The first-order chi connectivity index (χ1) is 8.74. The maximum atomic E-state index is 8.79. The lowest BCUT2D eigenvalue weighted by Gasteiger charge is -2.03. The third-order valence-corrected chi connectivity index (χ3v) is 2.89. The highest BCUT2D eigenvalue weighted by molar-refractivity contribution is 6.30. The molecule has 0 saturated heterocycles. The average Bonchev–Trinajstić information content (AvgIpc) is 2.40. The zero-order valence-electron chi connectivity index (χ0n) is 9.73. The van der Waals surface area contributed by atoms with Crippen LogP contribution in [0.5, 0.6) is 0 Å². The molecule has 0 radical (unpaired) electrons. The standard InChI is InChI=1S/C15H11ClN2/c1-2-3-11-4-6-12(7-5-11)14-9-8-13(10-17)15(16)18-14/h2,4-9H,1,3H2. The SMILES string of the molecule is C=CCc1ccc(-c2ccc(C#N)c(Cl)n2)cc1. The molecular formula is C15H11ClN2. The molecule has 1 heterocycles. The number of benzene rings is 1. The number of nitrogens with zero attached hydrogens (tertiary/aromatic N) is 2. The van der Waals surface area contributed by atoms with E-state index in [9.17, 15) is 0 Å². The van der Waals surface area contributed by atoms with E-state index < -0.39 is 0 Å². The number of aromatic nitrogens is 1. The number of rotatable bonds is 3. The summed E-state index contributed by atoms with van der Waals surface area (Å²) < 4.78 is 0. The van der Waals surface area contributed by atoms with Crippen LogP contribution in [0.15, 0.2) is 49.1 Å². The van der Waals surface area contributed by atoms with Gasteiger partial charge in [0.25, 0.3) is 0 Å². The van der Waals surface area contributed by atoms with Gasteiger partial charge in [0.15, 0.2) is 0 Å². The molecule has 0 saturated carbocycles. The number of halogens is 1. The average molecular weight is 255 g/mol. The number of allylic oxidation sites excluding steroid dienone is 1. The normalized spacial score (nSPS) is 9.78. The molecule has 2 aromatic rings. The van der Waals surface area contributed by atoms with Crippen molar-refractivity contribution >= 4 is 11.6 Å². The van der Waals surface area contributed by atoms with Gasteiger partial charge in [-0.3, -0.25) is 0 Å². The summed E-state index contributed by atoms with van der Waals surface area (Å²) in [4.78, 5) is 4.21. The van der Waals surface area contributed by atoms with E-state index in [1.165, 1.54) is 5.56 Å². The Morgan fingerprint density at radius 2 is 1.94 bits per heavy atom. The highest BCUT2D eigenvalue weighted by atomic mass is 35.5. The Labute approximate surface area is 111 Å². The number of pyridine rings is 1. The topological polar surface area (TPSA) is 36.7 Å². The van der Waals surface area contributed by atoms with E-state index in [4.69, 9.17) is 16.9 Å². The van der Waals surface area contributed by atoms with Crippen molar-refractivity contribution < 1.29 is 0 Å². The minimum Gasteiger partial charge on any atom is -0.235 e. The monoisotopic (exact) mass is 254 g/mol. The molecule has 0 fully saturated rings. The van der Waals surface area contributed by atoms with E-state index >= 15 is 0 Å². The number of hydrogen-bond donors (Lipinski definition) is 0. The molecule has 0 unspecified atom stereocenters. The molecule has 0 amide bonds. The number of nitriles is 1. The zero-order valence-corrected chi connectivity index (χ0v) is 10.5. The Kier molecular flexibility index (Phi) is 3.76. The van der Waals surface area contributed by atoms with Crippen molar-refractivity contribution in [3.05, 3.63) is 65.3 Å². The summed E-state index contributed by atoms with van der Waals surface area (Å²) in [5.41, 5.74) is 3.34. The first-order valence-corrected chi connectivity index (χ1v) is 5.89. The summed E-state index contributed by atoms with van der Waals surface area (Å²) in [5, 5.41) is 9.03. The Bertz CT molecular complexity index is 609. The Morgan fingerprint density at radius 3 is 2.50 bits per heavy atom. The van der Waals surface area contributed by atoms with Crippen LogP contribution in [0.4, 0.5) is 0 Å². The van der Waals surface area contributed by atoms with E-state index in [1.807, 2.05) is 36.4 Å². The molecule has 0 aliphatic carbocycles. The Hall–Kier alpha value is -2.11. The molecule has 0 aliphatic rings. The van der Waals surface area contributed by atoms with Gasteiger partial charge in [0, 0.05) is 5.56 Å². The van der Waals surface area contributed by atoms with E-state index in [0.29, 0.717) is 5.56 Å². The quantitative estimate of drug-likeness (QED) is 0.613. The smallest absolute Gasteiger partial charge is 0.147 e. The zero-order chi connectivity index (χ0) is 13.0. The van der Waals surface area contributed by atoms with Crippen LogP contribution >= 0.6 is 11.6 Å². The van der Waals surface area contributed by atoms with Gasteiger partial charge in [0.05, 0.1) is 11.3 Å². The molecule has 3 heteroatoms. The van der Waals surface area contributed by atoms with Gasteiger partial charge in [-0.25, -0.2) is 4.98 Å². The molecule has 0 aliphatic heterocycles. The minimum absolute atomic E-state index is 0.241. The van der Waals surface area contributed by atoms with Crippen molar-refractivity contribution in [1.82, 2.24) is 4.98 Å². The van der Waals surface area contributed by atoms with Crippen LogP contribution in [0.25, 0.3) is 11.3 Å². The molecule has 0 N–H and O–H groups in total. The van der Waals surface area contributed by atoms with Crippen molar-refractivity contribution in [2.75, 3.05) is 0 Å². The van der Waals surface area contributed by atoms with Gasteiger partial charge < -0.3 is 0 Å². The lowest BCUT2D eigenvalue weighted by atomic mass is 10.1. The summed E-state index contributed by atoms with van der Waals surface area (Å²) in [6.45, 7) is 3.71. The predicted octanol–water partition coefficient (Wildman–Crippen LogP) is 4.00. The van der Waals surface area contributed by atoms with Crippen LogP contribution in [0.3, 0.4) is 0 Å². The van der Waals surface area contributed by atoms with Crippen LogP contribution in [0, 0.1) is 11.3 Å². The molecule has 1 aromatic carbocycles. The second kappa shape index (κ2) is 5.48. The largest absolute Gasteiger partial charge is 0.235 e. The van der Waals surface area contributed by atoms with Gasteiger partial charge in [-0.2, -0.15) is 5.26 Å². The molecule has 18 heavy (non-hydrogen) atoms. The van der Waals surface area contributed by atoms with E-state index in [1.54, 1.807) is 12.1 Å². The fourth-order valence-corrected chi connectivity index (χ4v) is 1.85. The molecule has 88 valence electrons. The second-order valence-electron chi connectivity index (χ2n) is 3.84. The lowest BCUT2D eigenvalue weighted by molar-refractivity contribution is 1.26. The van der Waals surface area contributed by atoms with Gasteiger partial charge >= 0.3 is 0 Å². The van der Waals surface area contributed by atoms with Crippen molar-refractivity contribution in [3.63, 3.8) is 0 Å². The van der Waals surface area contributed by atoms with Crippen molar-refractivity contribution in [1.29, 1.82) is 5.26 Å². The fraction of sp³-hybridized carbons (Fsp3) is 0.0667. The minimum atomic E-state index is 0.241. The molecule has 2 rings (SSSR count). The Morgan fingerprint density at radius 1 is 1.22 bits per heavy atom. The summed E-state index contributed by atoms with van der Waals surface area (Å²) in [6, 6.07) is 13.5. The van der Waals surface area contributed by atoms with Crippen molar-refractivity contribution in [2.45, 2.75) is 6.42 Å². The van der Waals surface area contributed by atoms with Gasteiger partial charge in [-0.15, -0.1) is 6.58 Å². The van der Waals surface area contributed by atoms with Crippen LogP contribution < -0.4 is 0 Å². The highest BCUT2D eigenvalue weighted by Crippen LogP contribution is 2.22. The van der Waals surface area contributed by atoms with Crippen LogP contribution in [0.2, 0.25) is 5.15 Å². The molecule has 2 nitrogen and oxygen atoms in total. The van der Waals surface area contributed by atoms with Gasteiger partial charge in [-0.05, 0) is 24.1 Å². The molecule has 0 spiro atoms. The molecule has 0 atom stereocenters. The fourth-order valence-electron chi connectivity index (χ4n) is 1.66. The van der Waals surface area contributed by atoms with Crippen LogP contribution in [-0.4, -0.2) is 4.98 Å². The number of hydrogen-bond acceptors (Lipinski definition) is 2. The summed E-state index contributed by atoms with van der Waals surface area (Å²) >= 11 is 5.91. The lowest BCUT2D eigenvalue weighted by Crippen LogP contribution is -1.88. The second-order valence-corrected chi connectivity index (χ2v) is 4.19. The molecule has 0 bridgehead atoms. The van der Waals surface area contributed by atoms with E-state index in [-0.39, 0.29) is 5.15 Å². The molecule has 1 aromatic heterocycles. The maximum Gasteiger partial charge on any atom is 0.147 e. The van der Waals surface area contributed by atoms with Gasteiger partial charge in [0.2, 0.25) is 0 Å². The highest BCUT2D eigenvalue weighted by Gasteiger charge is 2.04. The van der Waals surface area contributed by atoms with E-state index in [2.05, 4.69) is 11.6 Å². The van der Waals surface area contributed by atoms with Gasteiger partial charge in [0.1, 0.15) is 11.2 Å². The third-order valence-electron chi connectivity index (χ3n) is 2.60. The first kappa shape index (κ1) is 12.3. The van der Waals surface area contributed by atoms with Crippen LogP contribution in [0.1, 0.15) is 11.1 Å². The predicted molar refractivity (Wildman–Crippen MR) is 73.3 cm³/mol. The summed E-state index contributed by atoms with van der Waals surface area (Å²) in [7, 11) is 0. The molecular weight excluding hydrogens is 244 g/mol. The maximum absolute atomic E-state index is 8.79. The summed E-state index contributed by atoms with van der Waals surface area (Å²) in [5.74, 6) is 0. The summed E-state index contributed by atoms with van der Waals surface area (Å²) in [6.07, 6.45) is 2.72.